The van der Waals surface area contributed by atoms with E-state index in [1.165, 1.54) is 135 Å². The maximum absolute atomic E-state index is 12.8. The minimum atomic E-state index is -0.781. The van der Waals surface area contributed by atoms with Gasteiger partial charge in [-0.05, 0) is 77.0 Å². The monoisotopic (exact) mass is 869 g/mol. The fourth-order valence-corrected chi connectivity index (χ4v) is 7.57. The van der Waals surface area contributed by atoms with Crippen LogP contribution < -0.4 is 0 Å². The summed E-state index contributed by atoms with van der Waals surface area (Å²) in [6.45, 7) is 6.52. The Morgan fingerprint density at radius 3 is 1.02 bits per heavy atom. The molecule has 6 nitrogen and oxygen atoms in total. The Hall–Kier alpha value is -2.63. The molecule has 6 heteroatoms. The average Bonchev–Trinajstić information content (AvgIpc) is 3.27. The number of ether oxygens (including phenoxy) is 3. The van der Waals surface area contributed by atoms with E-state index in [4.69, 9.17) is 14.2 Å². The highest BCUT2D eigenvalue weighted by Crippen LogP contribution is 2.15. The van der Waals surface area contributed by atoms with Crippen LogP contribution >= 0.6 is 0 Å². The van der Waals surface area contributed by atoms with Gasteiger partial charge in [-0.15, -0.1) is 0 Å². The summed E-state index contributed by atoms with van der Waals surface area (Å²) in [7, 11) is 0. The van der Waals surface area contributed by atoms with Crippen LogP contribution in [0.1, 0.15) is 271 Å². The molecule has 0 saturated heterocycles. The first-order valence-corrected chi connectivity index (χ1v) is 26.6. The van der Waals surface area contributed by atoms with Crippen LogP contribution in [0.25, 0.3) is 0 Å². The molecule has 0 bridgehead atoms. The zero-order valence-electron chi connectivity index (χ0n) is 41.1. The Balaban J connectivity index is 4.39. The molecule has 0 aromatic heterocycles. The predicted molar refractivity (Wildman–Crippen MR) is 265 cm³/mol. The molecule has 360 valence electrons. The Morgan fingerprint density at radius 1 is 0.339 bits per heavy atom. The summed E-state index contributed by atoms with van der Waals surface area (Å²) >= 11 is 0. The summed E-state index contributed by atoms with van der Waals surface area (Å²) in [5.41, 5.74) is 0. The third-order valence-corrected chi connectivity index (χ3v) is 11.6. The number of allylic oxidation sites excluding steroid dienone is 8. The normalized spacial score (nSPS) is 12.4. The molecule has 0 saturated carbocycles. The molecular weight excluding hydrogens is 769 g/mol. The Kier molecular flexibility index (Phi) is 48.8. The van der Waals surface area contributed by atoms with Gasteiger partial charge < -0.3 is 14.2 Å². The standard InChI is InChI=1S/C56H100O6/c1-4-7-10-13-16-19-22-25-27-29-31-34-37-40-43-46-49-55(58)61-52-53(51-60-54(57)48-45-42-39-36-33-30-24-21-18-15-12-9-6-3)62-56(59)50-47-44-41-38-35-32-28-26-23-20-17-14-11-8-5-2/h7,10,16,19,25,27,30,33,53H,4-6,8-9,11-15,17-18,20-24,26,28-29,31-32,34-52H2,1-3H3/b10-7-,19-16-,27-25-,33-30-. The summed E-state index contributed by atoms with van der Waals surface area (Å²) in [6.07, 6.45) is 60.9. The predicted octanol–water partition coefficient (Wildman–Crippen LogP) is 17.5. The van der Waals surface area contributed by atoms with Gasteiger partial charge in [0.15, 0.2) is 6.10 Å². The zero-order valence-corrected chi connectivity index (χ0v) is 41.1. The van der Waals surface area contributed by atoms with Crippen molar-refractivity contribution in [3.63, 3.8) is 0 Å². The molecule has 0 heterocycles. The van der Waals surface area contributed by atoms with Crippen LogP contribution in [0, 0.1) is 0 Å². The average molecular weight is 869 g/mol. The van der Waals surface area contributed by atoms with Crippen molar-refractivity contribution in [1.82, 2.24) is 0 Å². The fraction of sp³-hybridized carbons (Fsp3) is 0.804. The fourth-order valence-electron chi connectivity index (χ4n) is 7.57. The van der Waals surface area contributed by atoms with Crippen molar-refractivity contribution >= 4 is 17.9 Å². The zero-order chi connectivity index (χ0) is 45.1. The second-order valence-electron chi connectivity index (χ2n) is 17.8. The van der Waals surface area contributed by atoms with Crippen molar-refractivity contribution in [2.45, 2.75) is 277 Å². The van der Waals surface area contributed by atoms with E-state index in [1.807, 2.05) is 0 Å². The SMILES string of the molecule is CC/C=C\C/C=C\C/C=C\CCCCCCCCC(=O)OCC(COC(=O)CCCCC/C=C\CCCCCCCC)OC(=O)CCCCCCCCCCCCCCCCC. The van der Waals surface area contributed by atoms with E-state index in [0.29, 0.717) is 19.3 Å². The third kappa shape index (κ3) is 48.4. The Bertz CT molecular complexity index is 1090. The quantitative estimate of drug-likeness (QED) is 0.0262. The number of hydrogen-bond acceptors (Lipinski definition) is 6. The molecule has 1 unspecified atom stereocenters. The topological polar surface area (TPSA) is 78.9 Å². The molecule has 0 aliphatic heterocycles. The highest BCUT2D eigenvalue weighted by Gasteiger charge is 2.19. The molecule has 0 amide bonds. The van der Waals surface area contributed by atoms with Gasteiger partial charge in [-0.2, -0.15) is 0 Å². The largest absolute Gasteiger partial charge is 0.462 e. The molecular formula is C56H100O6. The first kappa shape index (κ1) is 59.4. The van der Waals surface area contributed by atoms with Gasteiger partial charge in [-0.3, -0.25) is 14.4 Å². The van der Waals surface area contributed by atoms with Crippen molar-refractivity contribution in [1.29, 1.82) is 0 Å². The summed E-state index contributed by atoms with van der Waals surface area (Å²) in [6, 6.07) is 0. The van der Waals surface area contributed by atoms with E-state index in [1.54, 1.807) is 0 Å². The summed E-state index contributed by atoms with van der Waals surface area (Å²) < 4.78 is 16.8. The molecule has 0 spiro atoms. The molecule has 0 N–H and O–H groups in total. The lowest BCUT2D eigenvalue weighted by atomic mass is 10.0. The van der Waals surface area contributed by atoms with Crippen LogP contribution in [-0.2, 0) is 28.6 Å². The van der Waals surface area contributed by atoms with Crippen molar-refractivity contribution in [2.75, 3.05) is 13.2 Å². The van der Waals surface area contributed by atoms with E-state index in [0.717, 1.165) is 96.3 Å². The van der Waals surface area contributed by atoms with E-state index >= 15 is 0 Å². The molecule has 0 aromatic rings. The summed E-state index contributed by atoms with van der Waals surface area (Å²) in [5.74, 6) is -0.900. The Labute approximate surface area is 384 Å². The van der Waals surface area contributed by atoms with Gasteiger partial charge >= 0.3 is 17.9 Å². The number of carbonyl (C=O) groups is 3. The van der Waals surface area contributed by atoms with Gasteiger partial charge in [0.2, 0.25) is 0 Å². The molecule has 0 aromatic carbocycles. The molecule has 62 heavy (non-hydrogen) atoms. The maximum Gasteiger partial charge on any atom is 0.306 e. The number of esters is 3. The summed E-state index contributed by atoms with van der Waals surface area (Å²) in [4.78, 5) is 38.0. The second-order valence-corrected chi connectivity index (χ2v) is 17.8. The van der Waals surface area contributed by atoms with Crippen LogP contribution in [0.5, 0.6) is 0 Å². The van der Waals surface area contributed by atoms with Gasteiger partial charge in [-0.1, -0.05) is 223 Å². The molecule has 0 fully saturated rings. The number of rotatable bonds is 48. The summed E-state index contributed by atoms with van der Waals surface area (Å²) in [5, 5.41) is 0. The van der Waals surface area contributed by atoms with Gasteiger partial charge in [-0.25, -0.2) is 0 Å². The maximum atomic E-state index is 12.8. The van der Waals surface area contributed by atoms with Crippen molar-refractivity contribution in [3.8, 4) is 0 Å². The molecule has 0 aliphatic rings. The lowest BCUT2D eigenvalue weighted by Gasteiger charge is -2.18. The van der Waals surface area contributed by atoms with Gasteiger partial charge in [0.1, 0.15) is 13.2 Å². The van der Waals surface area contributed by atoms with E-state index < -0.39 is 6.10 Å². The number of carbonyl (C=O) groups excluding carboxylic acids is 3. The highest BCUT2D eigenvalue weighted by molar-refractivity contribution is 5.71. The minimum absolute atomic E-state index is 0.0823. The van der Waals surface area contributed by atoms with Crippen LogP contribution in [0.3, 0.4) is 0 Å². The lowest BCUT2D eigenvalue weighted by molar-refractivity contribution is -0.167. The van der Waals surface area contributed by atoms with Gasteiger partial charge in [0.25, 0.3) is 0 Å². The van der Waals surface area contributed by atoms with Gasteiger partial charge in [0, 0.05) is 19.3 Å². The molecule has 1 atom stereocenters. The van der Waals surface area contributed by atoms with Crippen molar-refractivity contribution in [3.05, 3.63) is 48.6 Å². The number of hydrogen-bond donors (Lipinski definition) is 0. The highest BCUT2D eigenvalue weighted by atomic mass is 16.6. The first-order chi connectivity index (χ1) is 30.5. The molecule has 0 radical (unpaired) electrons. The number of unbranched alkanes of at least 4 members (excludes halogenated alkanes) is 29. The van der Waals surface area contributed by atoms with E-state index in [9.17, 15) is 14.4 Å². The third-order valence-electron chi connectivity index (χ3n) is 11.6. The lowest BCUT2D eigenvalue weighted by Crippen LogP contribution is -2.30. The van der Waals surface area contributed by atoms with Crippen molar-refractivity contribution < 1.29 is 28.6 Å². The van der Waals surface area contributed by atoms with Gasteiger partial charge in [0.05, 0.1) is 0 Å². The first-order valence-electron chi connectivity index (χ1n) is 26.6. The minimum Gasteiger partial charge on any atom is -0.462 e. The van der Waals surface area contributed by atoms with Crippen LogP contribution in [-0.4, -0.2) is 37.2 Å². The van der Waals surface area contributed by atoms with Crippen molar-refractivity contribution in [2.24, 2.45) is 0 Å². The smallest absolute Gasteiger partial charge is 0.306 e. The van der Waals surface area contributed by atoms with Crippen LogP contribution in [0.2, 0.25) is 0 Å². The van der Waals surface area contributed by atoms with E-state index in [-0.39, 0.29) is 31.1 Å². The second kappa shape index (κ2) is 51.0. The molecule has 0 rings (SSSR count). The molecule has 0 aliphatic carbocycles. The van der Waals surface area contributed by atoms with Crippen LogP contribution in [0.15, 0.2) is 48.6 Å². The van der Waals surface area contributed by atoms with Crippen LogP contribution in [0.4, 0.5) is 0 Å². The Morgan fingerprint density at radius 2 is 0.629 bits per heavy atom. The van der Waals surface area contributed by atoms with E-state index in [2.05, 4.69) is 69.4 Å².